The fraction of sp³-hybridized carbons (Fsp3) is 0.588. The first kappa shape index (κ1) is 15.8. The first-order chi connectivity index (χ1) is 10.2. The number of ether oxygens (including phenoxy) is 1. The fourth-order valence-electron chi connectivity index (χ4n) is 2.64. The van der Waals surface area contributed by atoms with Crippen LogP contribution in [0.2, 0.25) is 0 Å². The molecule has 4 nitrogen and oxygen atoms in total. The third-order valence-electron chi connectivity index (χ3n) is 3.94. The van der Waals surface area contributed by atoms with Gasteiger partial charge in [0.05, 0.1) is 12.7 Å². The molecule has 0 aromatic heterocycles. The summed E-state index contributed by atoms with van der Waals surface area (Å²) in [6, 6.07) is 7.31. The first-order valence-corrected chi connectivity index (χ1v) is 7.88. The Morgan fingerprint density at radius 3 is 2.81 bits per heavy atom. The van der Waals surface area contributed by atoms with Crippen LogP contribution in [0.3, 0.4) is 0 Å². The number of aliphatic hydroxyl groups excluding tert-OH is 1. The summed E-state index contributed by atoms with van der Waals surface area (Å²) in [5.74, 6) is 1.17. The average Bonchev–Trinajstić information content (AvgIpc) is 2.52. The number of hydrogen-bond donors (Lipinski definition) is 2. The monoisotopic (exact) mass is 291 g/mol. The summed E-state index contributed by atoms with van der Waals surface area (Å²) in [6.07, 6.45) is 4.47. The summed E-state index contributed by atoms with van der Waals surface area (Å²) in [4.78, 5) is 12.2. The van der Waals surface area contributed by atoms with E-state index < -0.39 is 0 Å². The Balaban J connectivity index is 1.82. The van der Waals surface area contributed by atoms with Gasteiger partial charge in [-0.05, 0) is 56.2 Å². The lowest BCUT2D eigenvalue weighted by molar-refractivity contribution is 0.0910. The van der Waals surface area contributed by atoms with E-state index >= 15 is 0 Å². The van der Waals surface area contributed by atoms with E-state index in [4.69, 9.17) is 4.74 Å². The van der Waals surface area contributed by atoms with Crippen LogP contribution in [0.15, 0.2) is 24.3 Å². The van der Waals surface area contributed by atoms with Crippen molar-refractivity contribution in [2.24, 2.45) is 5.92 Å². The second-order valence-electron chi connectivity index (χ2n) is 5.76. The molecule has 0 aliphatic heterocycles. The van der Waals surface area contributed by atoms with Crippen LogP contribution < -0.4 is 10.1 Å². The molecule has 1 aromatic rings. The van der Waals surface area contributed by atoms with Crippen molar-refractivity contribution in [3.63, 3.8) is 0 Å². The molecule has 0 unspecified atom stereocenters. The van der Waals surface area contributed by atoms with Crippen LogP contribution in [0.4, 0.5) is 0 Å². The zero-order chi connectivity index (χ0) is 15.1. The van der Waals surface area contributed by atoms with Gasteiger partial charge in [-0.1, -0.05) is 13.0 Å². The van der Waals surface area contributed by atoms with Crippen molar-refractivity contribution in [2.45, 2.75) is 45.1 Å². The Morgan fingerprint density at radius 2 is 2.10 bits per heavy atom. The van der Waals surface area contributed by atoms with Gasteiger partial charge in [-0.25, -0.2) is 0 Å². The number of amides is 1. The normalized spacial score (nSPS) is 21.8. The molecule has 0 spiro atoms. The second kappa shape index (κ2) is 8.03. The van der Waals surface area contributed by atoms with Gasteiger partial charge in [-0.15, -0.1) is 0 Å². The molecule has 2 rings (SSSR count). The third-order valence-corrected chi connectivity index (χ3v) is 3.94. The number of aliphatic hydroxyl groups is 1. The molecule has 0 saturated heterocycles. The average molecular weight is 291 g/mol. The fourth-order valence-corrected chi connectivity index (χ4v) is 2.64. The van der Waals surface area contributed by atoms with E-state index in [1.807, 2.05) is 12.1 Å². The number of carbonyl (C=O) groups is 1. The molecule has 2 N–H and O–H groups in total. The molecule has 0 atom stereocenters. The maximum atomic E-state index is 12.2. The SMILES string of the molecule is CCCOc1cccc(C(=O)NCC2CCC(O)CC2)c1. The minimum absolute atomic E-state index is 0.0527. The van der Waals surface area contributed by atoms with Crippen molar-refractivity contribution in [3.8, 4) is 5.75 Å². The minimum Gasteiger partial charge on any atom is -0.494 e. The highest BCUT2D eigenvalue weighted by Gasteiger charge is 2.19. The topological polar surface area (TPSA) is 58.6 Å². The minimum atomic E-state index is -0.149. The van der Waals surface area contributed by atoms with Gasteiger partial charge in [0.2, 0.25) is 0 Å². The van der Waals surface area contributed by atoms with E-state index in [1.165, 1.54) is 0 Å². The highest BCUT2D eigenvalue weighted by Crippen LogP contribution is 2.23. The van der Waals surface area contributed by atoms with Gasteiger partial charge < -0.3 is 15.2 Å². The summed E-state index contributed by atoms with van der Waals surface area (Å²) >= 11 is 0. The van der Waals surface area contributed by atoms with Gasteiger partial charge in [-0.2, -0.15) is 0 Å². The van der Waals surface area contributed by atoms with Crippen molar-refractivity contribution in [1.82, 2.24) is 5.32 Å². The summed E-state index contributed by atoms with van der Waals surface area (Å²) in [6.45, 7) is 3.40. The molecular weight excluding hydrogens is 266 g/mol. The van der Waals surface area contributed by atoms with Crippen LogP contribution in [-0.4, -0.2) is 30.3 Å². The molecule has 1 saturated carbocycles. The quantitative estimate of drug-likeness (QED) is 0.847. The largest absolute Gasteiger partial charge is 0.494 e. The predicted octanol–water partition coefficient (Wildman–Crippen LogP) is 2.76. The Morgan fingerprint density at radius 1 is 1.33 bits per heavy atom. The van der Waals surface area contributed by atoms with Crippen LogP contribution in [0.5, 0.6) is 5.75 Å². The summed E-state index contributed by atoms with van der Waals surface area (Å²) in [5.41, 5.74) is 0.638. The summed E-state index contributed by atoms with van der Waals surface area (Å²) in [5, 5.41) is 12.5. The van der Waals surface area contributed by atoms with E-state index in [0.717, 1.165) is 37.9 Å². The molecule has 1 amide bonds. The van der Waals surface area contributed by atoms with E-state index in [1.54, 1.807) is 12.1 Å². The molecule has 21 heavy (non-hydrogen) atoms. The van der Waals surface area contributed by atoms with Gasteiger partial charge >= 0.3 is 0 Å². The standard InChI is InChI=1S/C17H25NO3/c1-2-10-21-16-5-3-4-14(11-16)17(20)18-12-13-6-8-15(19)9-7-13/h3-5,11,13,15,19H,2,6-10,12H2,1H3,(H,18,20). The summed E-state index contributed by atoms with van der Waals surface area (Å²) in [7, 11) is 0. The van der Waals surface area contributed by atoms with Crippen molar-refractivity contribution < 1.29 is 14.6 Å². The van der Waals surface area contributed by atoms with Crippen LogP contribution in [0, 0.1) is 5.92 Å². The lowest BCUT2D eigenvalue weighted by Gasteiger charge is -2.25. The van der Waals surface area contributed by atoms with Gasteiger partial charge in [0, 0.05) is 12.1 Å². The van der Waals surface area contributed by atoms with Gasteiger partial charge in [0.1, 0.15) is 5.75 Å². The van der Waals surface area contributed by atoms with Gasteiger partial charge in [-0.3, -0.25) is 4.79 Å². The van der Waals surface area contributed by atoms with Crippen molar-refractivity contribution >= 4 is 5.91 Å². The molecule has 0 bridgehead atoms. The molecular formula is C17H25NO3. The maximum Gasteiger partial charge on any atom is 0.251 e. The van der Waals surface area contributed by atoms with Crippen LogP contribution >= 0.6 is 0 Å². The van der Waals surface area contributed by atoms with E-state index in [9.17, 15) is 9.90 Å². The molecule has 1 aromatic carbocycles. The third kappa shape index (κ3) is 5.05. The van der Waals surface area contributed by atoms with Crippen LogP contribution in [-0.2, 0) is 0 Å². The molecule has 1 aliphatic carbocycles. The number of rotatable bonds is 6. The smallest absolute Gasteiger partial charge is 0.251 e. The van der Waals surface area contributed by atoms with E-state index in [0.29, 0.717) is 24.6 Å². The molecule has 116 valence electrons. The molecule has 1 fully saturated rings. The maximum absolute atomic E-state index is 12.2. The lowest BCUT2D eigenvalue weighted by atomic mass is 9.87. The highest BCUT2D eigenvalue weighted by molar-refractivity contribution is 5.94. The van der Waals surface area contributed by atoms with Gasteiger partial charge in [0.25, 0.3) is 5.91 Å². The second-order valence-corrected chi connectivity index (χ2v) is 5.76. The number of hydrogen-bond acceptors (Lipinski definition) is 3. The zero-order valence-electron chi connectivity index (χ0n) is 12.7. The Bertz CT molecular complexity index is 453. The molecule has 1 aliphatic rings. The van der Waals surface area contributed by atoms with Gasteiger partial charge in [0.15, 0.2) is 0 Å². The first-order valence-electron chi connectivity index (χ1n) is 7.88. The summed E-state index contributed by atoms with van der Waals surface area (Å²) < 4.78 is 5.54. The zero-order valence-corrected chi connectivity index (χ0v) is 12.7. The highest BCUT2D eigenvalue weighted by atomic mass is 16.5. The predicted molar refractivity (Wildman–Crippen MR) is 82.5 cm³/mol. The van der Waals surface area contributed by atoms with Crippen LogP contribution in [0.1, 0.15) is 49.4 Å². The molecule has 0 heterocycles. The van der Waals surface area contributed by atoms with Crippen molar-refractivity contribution in [2.75, 3.05) is 13.2 Å². The number of benzene rings is 1. The van der Waals surface area contributed by atoms with E-state index in [-0.39, 0.29) is 12.0 Å². The Hall–Kier alpha value is -1.55. The van der Waals surface area contributed by atoms with E-state index in [2.05, 4.69) is 12.2 Å². The van der Waals surface area contributed by atoms with Crippen molar-refractivity contribution in [1.29, 1.82) is 0 Å². The van der Waals surface area contributed by atoms with Crippen LogP contribution in [0.25, 0.3) is 0 Å². The Kier molecular flexibility index (Phi) is 6.05. The number of nitrogens with one attached hydrogen (secondary N) is 1. The van der Waals surface area contributed by atoms with Crippen molar-refractivity contribution in [3.05, 3.63) is 29.8 Å². The number of carbonyl (C=O) groups excluding carboxylic acids is 1. The lowest BCUT2D eigenvalue weighted by Crippen LogP contribution is -2.32. The Labute approximate surface area is 126 Å². The molecule has 4 heteroatoms. The molecule has 0 radical (unpaired) electrons.